The molecule has 1 aliphatic rings. The maximum atomic E-state index is 12.5. The lowest BCUT2D eigenvalue weighted by molar-refractivity contribution is -0.127. The summed E-state index contributed by atoms with van der Waals surface area (Å²) >= 11 is 0. The third-order valence-corrected chi connectivity index (χ3v) is 1.72. The van der Waals surface area contributed by atoms with Crippen molar-refractivity contribution in [2.45, 2.75) is 12.3 Å². The minimum absolute atomic E-state index is 0.269. The quantitative estimate of drug-likeness (QED) is 0.559. The molecule has 1 heterocycles. The van der Waals surface area contributed by atoms with Gasteiger partial charge in [-0.25, -0.2) is 8.78 Å². The molecule has 5 heteroatoms. The first-order valence-corrected chi connectivity index (χ1v) is 3.39. The van der Waals surface area contributed by atoms with E-state index in [1.54, 1.807) is 0 Å². The van der Waals surface area contributed by atoms with E-state index in [0.29, 0.717) is 0 Å². The van der Waals surface area contributed by atoms with Gasteiger partial charge in [-0.15, -0.1) is 0 Å². The maximum absolute atomic E-state index is 12.5. The van der Waals surface area contributed by atoms with Crippen molar-refractivity contribution in [1.29, 1.82) is 0 Å². The van der Waals surface area contributed by atoms with Crippen molar-refractivity contribution in [3.8, 4) is 0 Å². The smallest absolute Gasteiger partial charge is 0.261 e. The predicted octanol–water partition coefficient (Wildman–Crippen LogP) is -0.284. The van der Waals surface area contributed by atoms with Gasteiger partial charge in [0.25, 0.3) is 5.92 Å². The van der Waals surface area contributed by atoms with Gasteiger partial charge in [-0.05, 0) is 0 Å². The monoisotopic (exact) mass is 164 g/mol. The average molecular weight is 164 g/mol. The van der Waals surface area contributed by atoms with E-state index in [2.05, 4.69) is 5.32 Å². The number of nitrogens with two attached hydrogens (primary N) is 1. The number of alkyl halides is 2. The second-order valence-corrected chi connectivity index (χ2v) is 2.79. The number of piperidine rings is 1. The van der Waals surface area contributed by atoms with Gasteiger partial charge in [0.2, 0.25) is 5.91 Å². The van der Waals surface area contributed by atoms with Crippen molar-refractivity contribution in [2.75, 3.05) is 13.1 Å². The summed E-state index contributed by atoms with van der Waals surface area (Å²) in [6, 6.07) is 0. The Morgan fingerprint density at radius 1 is 1.64 bits per heavy atom. The van der Waals surface area contributed by atoms with E-state index >= 15 is 0 Å². The first-order valence-electron chi connectivity index (χ1n) is 3.39. The van der Waals surface area contributed by atoms with Crippen LogP contribution < -0.4 is 11.1 Å². The minimum Gasteiger partial charge on any atom is -0.369 e. The van der Waals surface area contributed by atoms with Gasteiger partial charge in [0.15, 0.2) is 0 Å². The largest absolute Gasteiger partial charge is 0.369 e. The standard InChI is InChI=1S/C6H10F2N2O/c7-6(8)1-4(5(9)11)2-10-3-6/h4,10H,1-3H2,(H2,9,11). The molecule has 11 heavy (non-hydrogen) atoms. The van der Waals surface area contributed by atoms with Gasteiger partial charge in [0.05, 0.1) is 12.5 Å². The molecule has 0 spiro atoms. The number of hydrogen-bond acceptors (Lipinski definition) is 2. The summed E-state index contributed by atoms with van der Waals surface area (Å²) < 4.78 is 25.1. The molecule has 1 aliphatic heterocycles. The van der Waals surface area contributed by atoms with Crippen LogP contribution in [0.15, 0.2) is 0 Å². The molecule has 3 nitrogen and oxygen atoms in total. The Morgan fingerprint density at radius 3 is 2.64 bits per heavy atom. The van der Waals surface area contributed by atoms with E-state index in [9.17, 15) is 13.6 Å². The molecule has 1 amide bonds. The second kappa shape index (κ2) is 2.73. The SMILES string of the molecule is NC(=O)C1CNCC(F)(F)C1. The zero-order chi connectivity index (χ0) is 8.48. The maximum Gasteiger partial charge on any atom is 0.261 e. The van der Waals surface area contributed by atoms with Gasteiger partial charge in [-0.3, -0.25) is 4.79 Å². The highest BCUT2D eigenvalue weighted by molar-refractivity contribution is 5.77. The Balaban J connectivity index is 2.53. The first kappa shape index (κ1) is 8.39. The number of nitrogens with one attached hydrogen (secondary N) is 1. The third kappa shape index (κ3) is 2.11. The summed E-state index contributed by atoms with van der Waals surface area (Å²) in [5.74, 6) is -4.16. The van der Waals surface area contributed by atoms with E-state index in [-0.39, 0.29) is 13.1 Å². The molecule has 1 unspecified atom stereocenters. The molecule has 0 aromatic rings. The fraction of sp³-hybridized carbons (Fsp3) is 0.833. The van der Waals surface area contributed by atoms with Crippen LogP contribution in [0.4, 0.5) is 8.78 Å². The molecule has 1 rings (SSSR count). The fourth-order valence-electron chi connectivity index (χ4n) is 1.14. The van der Waals surface area contributed by atoms with Crippen LogP contribution in [0.1, 0.15) is 6.42 Å². The van der Waals surface area contributed by atoms with Crippen molar-refractivity contribution < 1.29 is 13.6 Å². The summed E-state index contributed by atoms with van der Waals surface area (Å²) in [6.45, 7) is -0.0816. The van der Waals surface area contributed by atoms with Crippen molar-refractivity contribution in [2.24, 2.45) is 11.7 Å². The molecule has 3 N–H and O–H groups in total. The Labute approximate surface area is 62.9 Å². The van der Waals surface area contributed by atoms with E-state index in [0.717, 1.165) is 0 Å². The molecule has 0 saturated carbocycles. The predicted molar refractivity (Wildman–Crippen MR) is 35.1 cm³/mol. The van der Waals surface area contributed by atoms with Crippen LogP contribution in [0.5, 0.6) is 0 Å². The van der Waals surface area contributed by atoms with Gasteiger partial charge < -0.3 is 11.1 Å². The molecule has 64 valence electrons. The Hall–Kier alpha value is -0.710. The molecular formula is C6H10F2N2O. The van der Waals surface area contributed by atoms with E-state index in [1.165, 1.54) is 0 Å². The fourth-order valence-corrected chi connectivity index (χ4v) is 1.14. The van der Waals surface area contributed by atoms with E-state index < -0.39 is 24.2 Å². The molecule has 0 aromatic heterocycles. The average Bonchev–Trinajstić information content (AvgIpc) is 1.85. The first-order chi connectivity index (χ1) is 5.01. The zero-order valence-electron chi connectivity index (χ0n) is 5.94. The number of carbonyl (C=O) groups excluding carboxylic acids is 1. The van der Waals surface area contributed by atoms with Gasteiger partial charge in [-0.2, -0.15) is 0 Å². The van der Waals surface area contributed by atoms with Gasteiger partial charge in [0.1, 0.15) is 0 Å². The Bertz CT molecular complexity index is 172. The topological polar surface area (TPSA) is 55.1 Å². The third-order valence-electron chi connectivity index (χ3n) is 1.72. The summed E-state index contributed by atoms with van der Waals surface area (Å²) in [6.07, 6.45) is -0.421. The number of amides is 1. The number of primary amides is 1. The van der Waals surface area contributed by atoms with Crippen LogP contribution in [0, 0.1) is 5.92 Å². The van der Waals surface area contributed by atoms with Gasteiger partial charge in [0, 0.05) is 13.0 Å². The molecule has 1 saturated heterocycles. The van der Waals surface area contributed by atoms with Crippen LogP contribution in [0.25, 0.3) is 0 Å². The number of carbonyl (C=O) groups is 1. The van der Waals surface area contributed by atoms with Gasteiger partial charge in [-0.1, -0.05) is 0 Å². The zero-order valence-corrected chi connectivity index (χ0v) is 5.94. The summed E-state index contributed by atoms with van der Waals surface area (Å²) in [5, 5.41) is 2.46. The van der Waals surface area contributed by atoms with E-state index in [4.69, 9.17) is 5.73 Å². The van der Waals surface area contributed by atoms with Crippen LogP contribution in [0.2, 0.25) is 0 Å². The normalized spacial score (nSPS) is 29.8. The second-order valence-electron chi connectivity index (χ2n) is 2.79. The molecular weight excluding hydrogens is 154 g/mol. The lowest BCUT2D eigenvalue weighted by atomic mass is 9.96. The molecule has 0 radical (unpaired) electrons. The summed E-state index contributed by atoms with van der Waals surface area (Å²) in [7, 11) is 0. The van der Waals surface area contributed by atoms with Crippen molar-refractivity contribution >= 4 is 5.91 Å². The minimum atomic E-state index is -2.78. The van der Waals surface area contributed by atoms with Crippen molar-refractivity contribution in [1.82, 2.24) is 5.32 Å². The van der Waals surface area contributed by atoms with Gasteiger partial charge >= 0.3 is 0 Å². The molecule has 0 bridgehead atoms. The van der Waals surface area contributed by atoms with Crippen molar-refractivity contribution in [3.63, 3.8) is 0 Å². The Morgan fingerprint density at radius 2 is 2.27 bits per heavy atom. The Kier molecular flexibility index (Phi) is 2.08. The van der Waals surface area contributed by atoms with E-state index in [1.807, 2.05) is 0 Å². The number of halogens is 2. The molecule has 0 aliphatic carbocycles. The summed E-state index contributed by atoms with van der Waals surface area (Å²) in [5.41, 5.74) is 4.88. The highest BCUT2D eigenvalue weighted by Crippen LogP contribution is 2.25. The summed E-state index contributed by atoms with van der Waals surface area (Å²) in [4.78, 5) is 10.5. The molecule has 1 atom stereocenters. The van der Waals surface area contributed by atoms with Crippen LogP contribution in [-0.2, 0) is 4.79 Å². The molecule has 0 aromatic carbocycles. The van der Waals surface area contributed by atoms with Crippen molar-refractivity contribution in [3.05, 3.63) is 0 Å². The lowest BCUT2D eigenvalue weighted by Gasteiger charge is -2.27. The molecule has 1 fully saturated rings. The van der Waals surface area contributed by atoms with Crippen LogP contribution in [-0.4, -0.2) is 24.9 Å². The number of rotatable bonds is 1. The number of hydrogen-bond donors (Lipinski definition) is 2. The highest BCUT2D eigenvalue weighted by atomic mass is 19.3. The van der Waals surface area contributed by atoms with Crippen LogP contribution >= 0.6 is 0 Å². The highest BCUT2D eigenvalue weighted by Gasteiger charge is 2.38. The lowest BCUT2D eigenvalue weighted by Crippen LogP contribution is -2.48. The van der Waals surface area contributed by atoms with Crippen LogP contribution in [0.3, 0.4) is 0 Å².